The molecule has 2 rings (SSSR count). The zero-order valence-electron chi connectivity index (χ0n) is 13.3. The first-order chi connectivity index (χ1) is 10.5. The molecule has 5 heteroatoms. The number of rotatable bonds is 6. The smallest absolute Gasteiger partial charge is 0.251 e. The quantitative estimate of drug-likeness (QED) is 0.833. The number of hydrogen-bond donors (Lipinski definition) is 1. The van der Waals surface area contributed by atoms with Gasteiger partial charge in [0.25, 0.3) is 5.56 Å². The molecule has 1 aromatic carbocycles. The molecule has 0 aliphatic carbocycles. The molecule has 1 heterocycles. The lowest BCUT2D eigenvalue weighted by Crippen LogP contribution is -2.27. The molecular formula is C17H22N2O2S. The average Bonchev–Trinajstić information content (AvgIpc) is 2.49. The predicted molar refractivity (Wildman–Crippen MR) is 92.4 cm³/mol. The molecule has 2 aromatic rings. The van der Waals surface area contributed by atoms with Gasteiger partial charge in [-0.05, 0) is 18.4 Å². The second kappa shape index (κ2) is 7.49. The highest BCUT2D eigenvalue weighted by Gasteiger charge is 2.09. The Labute approximate surface area is 134 Å². The number of thioether (sulfide) groups is 1. The lowest BCUT2D eigenvalue weighted by molar-refractivity contribution is -0.118. The summed E-state index contributed by atoms with van der Waals surface area (Å²) >= 11 is 1.41. The first-order valence-corrected chi connectivity index (χ1v) is 8.46. The number of benzene rings is 1. The van der Waals surface area contributed by atoms with E-state index in [0.29, 0.717) is 18.2 Å². The number of amides is 1. The van der Waals surface area contributed by atoms with Crippen molar-refractivity contribution < 1.29 is 4.79 Å². The fourth-order valence-electron chi connectivity index (χ4n) is 2.19. The van der Waals surface area contributed by atoms with E-state index in [-0.39, 0.29) is 11.5 Å². The second-order valence-corrected chi connectivity index (χ2v) is 6.76. The van der Waals surface area contributed by atoms with Crippen LogP contribution in [0.2, 0.25) is 0 Å². The first kappa shape index (κ1) is 16.6. The maximum atomic E-state index is 12.0. The summed E-state index contributed by atoms with van der Waals surface area (Å²) in [5.74, 6) is 0.916. The zero-order valence-corrected chi connectivity index (χ0v) is 14.1. The van der Waals surface area contributed by atoms with Crippen molar-refractivity contribution in [1.82, 2.24) is 9.88 Å². The Balaban J connectivity index is 2.07. The van der Waals surface area contributed by atoms with Crippen LogP contribution in [0.25, 0.3) is 10.9 Å². The summed E-state index contributed by atoms with van der Waals surface area (Å²) in [6.45, 7) is 4.97. The SMILES string of the molecule is CC(C)CCNC(=O)CSc1cc(=O)n(C)c2ccccc12. The number of nitrogens with one attached hydrogen (secondary N) is 1. The van der Waals surface area contributed by atoms with Crippen LogP contribution in [-0.4, -0.2) is 22.8 Å². The van der Waals surface area contributed by atoms with Gasteiger partial charge in [-0.2, -0.15) is 0 Å². The number of para-hydroxylation sites is 1. The number of carbonyl (C=O) groups is 1. The Morgan fingerprint density at radius 1 is 1.32 bits per heavy atom. The van der Waals surface area contributed by atoms with Crippen molar-refractivity contribution in [2.45, 2.75) is 25.2 Å². The minimum atomic E-state index is -0.0542. The van der Waals surface area contributed by atoms with Crippen molar-refractivity contribution >= 4 is 28.6 Å². The van der Waals surface area contributed by atoms with Gasteiger partial charge >= 0.3 is 0 Å². The van der Waals surface area contributed by atoms with Crippen molar-refractivity contribution in [2.75, 3.05) is 12.3 Å². The summed E-state index contributed by atoms with van der Waals surface area (Å²) in [5.41, 5.74) is 0.833. The minimum absolute atomic E-state index is 0.00964. The third-order valence-electron chi connectivity index (χ3n) is 3.52. The van der Waals surface area contributed by atoms with E-state index >= 15 is 0 Å². The molecule has 0 aliphatic heterocycles. The van der Waals surface area contributed by atoms with E-state index < -0.39 is 0 Å². The number of pyridine rings is 1. The van der Waals surface area contributed by atoms with E-state index in [1.807, 2.05) is 24.3 Å². The summed E-state index contributed by atoms with van der Waals surface area (Å²) in [6.07, 6.45) is 0.977. The summed E-state index contributed by atoms with van der Waals surface area (Å²) in [6, 6.07) is 9.36. The molecule has 0 radical (unpaired) electrons. The Bertz CT molecular complexity index is 722. The number of aromatic nitrogens is 1. The number of carbonyl (C=O) groups excluding carboxylic acids is 1. The standard InChI is InChI=1S/C17H22N2O2S/c1-12(2)8-9-18-16(20)11-22-15-10-17(21)19(3)14-7-5-4-6-13(14)15/h4-7,10,12H,8-9,11H2,1-3H3,(H,18,20). The van der Waals surface area contributed by atoms with Crippen LogP contribution < -0.4 is 10.9 Å². The molecule has 1 N–H and O–H groups in total. The van der Waals surface area contributed by atoms with Crippen LogP contribution in [0, 0.1) is 5.92 Å². The molecule has 0 fully saturated rings. The first-order valence-electron chi connectivity index (χ1n) is 7.47. The number of aryl methyl sites for hydroxylation is 1. The lowest BCUT2D eigenvalue weighted by atomic mass is 10.1. The van der Waals surface area contributed by atoms with E-state index in [2.05, 4.69) is 19.2 Å². The van der Waals surface area contributed by atoms with Gasteiger partial charge in [0.2, 0.25) is 5.91 Å². The van der Waals surface area contributed by atoms with Gasteiger partial charge in [0, 0.05) is 29.9 Å². The molecule has 22 heavy (non-hydrogen) atoms. The van der Waals surface area contributed by atoms with Crippen LogP contribution in [0.1, 0.15) is 20.3 Å². The van der Waals surface area contributed by atoms with Gasteiger partial charge in [0.1, 0.15) is 0 Å². The zero-order chi connectivity index (χ0) is 16.1. The Morgan fingerprint density at radius 3 is 2.77 bits per heavy atom. The largest absolute Gasteiger partial charge is 0.355 e. The van der Waals surface area contributed by atoms with E-state index in [4.69, 9.17) is 0 Å². The minimum Gasteiger partial charge on any atom is -0.355 e. The normalized spacial score (nSPS) is 11.1. The van der Waals surface area contributed by atoms with Crippen molar-refractivity contribution in [2.24, 2.45) is 13.0 Å². The van der Waals surface area contributed by atoms with Gasteiger partial charge in [0.05, 0.1) is 11.3 Å². The fourth-order valence-corrected chi connectivity index (χ4v) is 3.09. The van der Waals surface area contributed by atoms with Crippen LogP contribution in [0.15, 0.2) is 40.0 Å². The summed E-state index contributed by atoms with van der Waals surface area (Å²) in [5, 5.41) is 3.92. The highest BCUT2D eigenvalue weighted by Crippen LogP contribution is 2.25. The van der Waals surface area contributed by atoms with Crippen LogP contribution in [0.4, 0.5) is 0 Å². The van der Waals surface area contributed by atoms with E-state index in [1.165, 1.54) is 11.8 Å². The van der Waals surface area contributed by atoms with Crippen molar-refractivity contribution in [1.29, 1.82) is 0 Å². The topological polar surface area (TPSA) is 51.1 Å². The molecule has 0 unspecified atom stereocenters. The number of fused-ring (bicyclic) bond motifs is 1. The van der Waals surface area contributed by atoms with Gasteiger partial charge in [-0.1, -0.05) is 32.0 Å². The van der Waals surface area contributed by atoms with Gasteiger partial charge < -0.3 is 9.88 Å². The second-order valence-electron chi connectivity index (χ2n) is 5.74. The van der Waals surface area contributed by atoms with Gasteiger partial charge in [0.15, 0.2) is 0 Å². The monoisotopic (exact) mass is 318 g/mol. The molecule has 1 aromatic heterocycles. The van der Waals surface area contributed by atoms with E-state index in [0.717, 1.165) is 22.2 Å². The van der Waals surface area contributed by atoms with Crippen molar-refractivity contribution in [3.63, 3.8) is 0 Å². The van der Waals surface area contributed by atoms with Crippen LogP contribution in [0.5, 0.6) is 0 Å². The number of hydrogen-bond acceptors (Lipinski definition) is 3. The Hall–Kier alpha value is -1.75. The van der Waals surface area contributed by atoms with E-state index in [1.54, 1.807) is 17.7 Å². The van der Waals surface area contributed by atoms with Crippen LogP contribution in [-0.2, 0) is 11.8 Å². The molecule has 0 aliphatic rings. The molecule has 118 valence electrons. The lowest BCUT2D eigenvalue weighted by Gasteiger charge is -2.10. The molecular weight excluding hydrogens is 296 g/mol. The molecule has 0 atom stereocenters. The van der Waals surface area contributed by atoms with Gasteiger partial charge in [-0.3, -0.25) is 9.59 Å². The highest BCUT2D eigenvalue weighted by molar-refractivity contribution is 8.00. The third-order valence-corrected chi connectivity index (χ3v) is 4.57. The fraction of sp³-hybridized carbons (Fsp3) is 0.412. The van der Waals surface area contributed by atoms with Crippen LogP contribution in [0.3, 0.4) is 0 Å². The Kier molecular flexibility index (Phi) is 5.66. The van der Waals surface area contributed by atoms with Gasteiger partial charge in [-0.25, -0.2) is 0 Å². The molecule has 0 bridgehead atoms. The summed E-state index contributed by atoms with van der Waals surface area (Å²) < 4.78 is 1.63. The summed E-state index contributed by atoms with van der Waals surface area (Å²) in [7, 11) is 1.76. The maximum absolute atomic E-state index is 12.0. The summed E-state index contributed by atoms with van der Waals surface area (Å²) in [4.78, 5) is 24.7. The molecule has 0 saturated heterocycles. The van der Waals surface area contributed by atoms with Crippen molar-refractivity contribution in [3.05, 3.63) is 40.7 Å². The average molecular weight is 318 g/mol. The third kappa shape index (κ3) is 4.13. The molecule has 0 saturated carbocycles. The van der Waals surface area contributed by atoms with Crippen molar-refractivity contribution in [3.8, 4) is 0 Å². The molecule has 4 nitrogen and oxygen atoms in total. The maximum Gasteiger partial charge on any atom is 0.251 e. The molecule has 1 amide bonds. The molecule has 0 spiro atoms. The van der Waals surface area contributed by atoms with Crippen LogP contribution >= 0.6 is 11.8 Å². The number of nitrogens with zero attached hydrogens (tertiary/aromatic N) is 1. The highest BCUT2D eigenvalue weighted by atomic mass is 32.2. The van der Waals surface area contributed by atoms with E-state index in [9.17, 15) is 9.59 Å². The van der Waals surface area contributed by atoms with Gasteiger partial charge in [-0.15, -0.1) is 11.8 Å². The predicted octanol–water partition coefficient (Wildman–Crippen LogP) is 2.79. The Morgan fingerprint density at radius 2 is 2.05 bits per heavy atom.